The first kappa shape index (κ1) is 16.8. The molecular formula is C23H20N4O. The maximum atomic E-state index is 9.82. The zero-order chi connectivity index (χ0) is 18.9. The van der Waals surface area contributed by atoms with Crippen molar-refractivity contribution < 1.29 is 5.11 Å². The van der Waals surface area contributed by atoms with E-state index in [1.165, 1.54) is 0 Å². The summed E-state index contributed by atoms with van der Waals surface area (Å²) in [7, 11) is 0. The third kappa shape index (κ3) is 3.10. The minimum Gasteiger partial charge on any atom is -0.391 e. The molecule has 2 aromatic heterocycles. The smallest absolute Gasteiger partial charge is 0.227 e. The average Bonchev–Trinajstić information content (AvgIpc) is 3.20. The first-order chi connectivity index (χ1) is 13.8. The number of benzene rings is 2. The number of aliphatic hydroxyl groups is 1. The van der Waals surface area contributed by atoms with Crippen molar-refractivity contribution >= 4 is 17.0 Å². The van der Waals surface area contributed by atoms with E-state index in [4.69, 9.17) is 9.97 Å². The summed E-state index contributed by atoms with van der Waals surface area (Å²) in [6, 6.07) is 22.6. The van der Waals surface area contributed by atoms with E-state index in [1.54, 1.807) is 0 Å². The van der Waals surface area contributed by atoms with Crippen LogP contribution in [0.2, 0.25) is 0 Å². The van der Waals surface area contributed by atoms with Gasteiger partial charge in [-0.2, -0.15) is 4.98 Å². The summed E-state index contributed by atoms with van der Waals surface area (Å²) in [6.45, 7) is 1.33. The topological polar surface area (TPSA) is 62.1 Å². The molecule has 0 radical (unpaired) electrons. The highest BCUT2D eigenvalue weighted by Gasteiger charge is 2.23. The van der Waals surface area contributed by atoms with Crippen LogP contribution in [0.5, 0.6) is 0 Å². The summed E-state index contributed by atoms with van der Waals surface area (Å²) in [5.41, 5.74) is 4.81. The minimum absolute atomic E-state index is 0.312. The normalized spacial score (nSPS) is 16.6. The Labute approximate surface area is 163 Å². The van der Waals surface area contributed by atoms with Crippen molar-refractivity contribution in [3.05, 3.63) is 72.9 Å². The van der Waals surface area contributed by atoms with Crippen LogP contribution in [0.3, 0.4) is 0 Å². The van der Waals surface area contributed by atoms with Crippen molar-refractivity contribution in [2.45, 2.75) is 12.5 Å². The lowest BCUT2D eigenvalue weighted by molar-refractivity contribution is 0.198. The maximum Gasteiger partial charge on any atom is 0.227 e. The number of aliphatic hydroxyl groups excluding tert-OH is 1. The molecule has 4 aromatic rings. The molecule has 1 aliphatic rings. The number of β-amino-alcohol motifs (C(OH)–C–C–N with tert-alkyl or cyclic N) is 1. The van der Waals surface area contributed by atoms with E-state index in [2.05, 4.69) is 35.3 Å². The summed E-state index contributed by atoms with van der Waals surface area (Å²) < 4.78 is 0. The van der Waals surface area contributed by atoms with Crippen LogP contribution in [0, 0.1) is 0 Å². The predicted octanol–water partition coefficient (Wildman–Crippen LogP) is 3.93. The van der Waals surface area contributed by atoms with Crippen LogP contribution in [0.1, 0.15) is 6.42 Å². The molecule has 28 heavy (non-hydrogen) atoms. The average molecular weight is 368 g/mol. The first-order valence-corrected chi connectivity index (χ1v) is 9.49. The molecule has 0 spiro atoms. The highest BCUT2D eigenvalue weighted by atomic mass is 16.3. The molecule has 0 saturated carbocycles. The van der Waals surface area contributed by atoms with Gasteiger partial charge < -0.3 is 10.0 Å². The fraction of sp³-hybridized carbons (Fsp3) is 0.174. The molecule has 1 unspecified atom stereocenters. The standard InChI is InChI=1S/C23H20N4O/c28-19-11-12-27(15-19)23-24-14-18-13-20(16-7-3-1-4-8-16)21(25-22(18)26-23)17-9-5-2-6-10-17/h1-10,13-14,19,28H,11-12,15H2. The van der Waals surface area contributed by atoms with Gasteiger partial charge in [0, 0.05) is 35.8 Å². The van der Waals surface area contributed by atoms with Gasteiger partial charge in [0.1, 0.15) is 0 Å². The van der Waals surface area contributed by atoms with E-state index >= 15 is 0 Å². The lowest BCUT2D eigenvalue weighted by Crippen LogP contribution is -2.23. The number of hydrogen-bond acceptors (Lipinski definition) is 5. The molecule has 3 heterocycles. The Bertz CT molecular complexity index is 1120. The number of fused-ring (bicyclic) bond motifs is 1. The molecule has 1 saturated heterocycles. The number of hydrogen-bond donors (Lipinski definition) is 1. The summed E-state index contributed by atoms with van der Waals surface area (Å²) >= 11 is 0. The number of nitrogens with zero attached hydrogens (tertiary/aromatic N) is 4. The van der Waals surface area contributed by atoms with Crippen molar-refractivity contribution in [3.8, 4) is 22.4 Å². The lowest BCUT2D eigenvalue weighted by Gasteiger charge is -2.16. The Hall–Kier alpha value is -3.31. The van der Waals surface area contributed by atoms with E-state index in [0.29, 0.717) is 18.1 Å². The summed E-state index contributed by atoms with van der Waals surface area (Å²) in [5, 5.41) is 10.7. The molecule has 1 aliphatic heterocycles. The Morgan fingerprint density at radius 3 is 2.29 bits per heavy atom. The van der Waals surface area contributed by atoms with Crippen molar-refractivity contribution in [3.63, 3.8) is 0 Å². The van der Waals surface area contributed by atoms with E-state index < -0.39 is 0 Å². The second-order valence-corrected chi connectivity index (χ2v) is 7.09. The van der Waals surface area contributed by atoms with Gasteiger partial charge in [0.2, 0.25) is 5.95 Å². The van der Waals surface area contributed by atoms with Crippen LogP contribution in [0.25, 0.3) is 33.4 Å². The molecule has 0 aliphatic carbocycles. The first-order valence-electron chi connectivity index (χ1n) is 9.49. The van der Waals surface area contributed by atoms with Gasteiger partial charge in [-0.25, -0.2) is 9.97 Å². The third-order valence-electron chi connectivity index (χ3n) is 5.13. The molecule has 1 fully saturated rings. The fourth-order valence-electron chi connectivity index (χ4n) is 3.68. The molecule has 0 amide bonds. The number of pyridine rings is 1. The third-order valence-corrected chi connectivity index (χ3v) is 5.13. The molecule has 2 aromatic carbocycles. The summed E-state index contributed by atoms with van der Waals surface area (Å²) in [4.78, 5) is 16.2. The van der Waals surface area contributed by atoms with Crippen LogP contribution < -0.4 is 4.90 Å². The maximum absolute atomic E-state index is 9.82. The quantitative estimate of drug-likeness (QED) is 0.594. The van der Waals surface area contributed by atoms with E-state index in [-0.39, 0.29) is 6.10 Å². The van der Waals surface area contributed by atoms with Crippen molar-refractivity contribution in [2.75, 3.05) is 18.0 Å². The Morgan fingerprint density at radius 1 is 0.893 bits per heavy atom. The summed E-state index contributed by atoms with van der Waals surface area (Å²) in [6.07, 6.45) is 2.26. The Balaban J connectivity index is 1.68. The van der Waals surface area contributed by atoms with E-state index in [9.17, 15) is 5.11 Å². The molecular weight excluding hydrogens is 348 g/mol. The molecule has 0 bridgehead atoms. The fourth-order valence-corrected chi connectivity index (χ4v) is 3.68. The second kappa shape index (κ2) is 7.02. The van der Waals surface area contributed by atoms with Crippen LogP contribution in [-0.2, 0) is 0 Å². The van der Waals surface area contributed by atoms with Gasteiger partial charge in [-0.1, -0.05) is 60.7 Å². The zero-order valence-corrected chi connectivity index (χ0v) is 15.4. The number of anilines is 1. The molecule has 1 atom stereocenters. The van der Waals surface area contributed by atoms with Gasteiger partial charge in [-0.15, -0.1) is 0 Å². The SMILES string of the molecule is OC1CCN(c2ncc3cc(-c4ccccc4)c(-c4ccccc4)nc3n2)C1. The van der Waals surface area contributed by atoms with E-state index in [0.717, 1.165) is 40.7 Å². The van der Waals surface area contributed by atoms with Crippen LogP contribution in [0.15, 0.2) is 72.9 Å². The molecule has 5 heteroatoms. The second-order valence-electron chi connectivity index (χ2n) is 7.09. The zero-order valence-electron chi connectivity index (χ0n) is 15.4. The predicted molar refractivity (Wildman–Crippen MR) is 111 cm³/mol. The van der Waals surface area contributed by atoms with Crippen molar-refractivity contribution in [1.82, 2.24) is 15.0 Å². The lowest BCUT2D eigenvalue weighted by atomic mass is 9.98. The number of rotatable bonds is 3. The summed E-state index contributed by atoms with van der Waals surface area (Å²) in [5.74, 6) is 0.628. The van der Waals surface area contributed by atoms with Gasteiger partial charge in [-0.3, -0.25) is 0 Å². The monoisotopic (exact) mass is 368 g/mol. The Kier molecular flexibility index (Phi) is 4.22. The van der Waals surface area contributed by atoms with Gasteiger partial charge >= 0.3 is 0 Å². The minimum atomic E-state index is -0.312. The highest BCUT2D eigenvalue weighted by Crippen LogP contribution is 2.33. The van der Waals surface area contributed by atoms with Crippen molar-refractivity contribution in [2.24, 2.45) is 0 Å². The Morgan fingerprint density at radius 2 is 1.61 bits per heavy atom. The molecule has 1 N–H and O–H groups in total. The molecule has 138 valence electrons. The van der Waals surface area contributed by atoms with Gasteiger partial charge in [0.05, 0.1) is 11.8 Å². The molecule has 5 nitrogen and oxygen atoms in total. The van der Waals surface area contributed by atoms with Gasteiger partial charge in [0.15, 0.2) is 5.65 Å². The largest absolute Gasteiger partial charge is 0.391 e. The van der Waals surface area contributed by atoms with Crippen LogP contribution >= 0.6 is 0 Å². The van der Waals surface area contributed by atoms with Crippen LogP contribution in [0.4, 0.5) is 5.95 Å². The van der Waals surface area contributed by atoms with Crippen LogP contribution in [-0.4, -0.2) is 39.3 Å². The van der Waals surface area contributed by atoms with Gasteiger partial charge in [0.25, 0.3) is 0 Å². The highest BCUT2D eigenvalue weighted by molar-refractivity contribution is 5.90. The van der Waals surface area contributed by atoms with Gasteiger partial charge in [-0.05, 0) is 18.1 Å². The van der Waals surface area contributed by atoms with Crippen molar-refractivity contribution in [1.29, 1.82) is 0 Å². The molecule has 5 rings (SSSR count). The van der Waals surface area contributed by atoms with E-state index in [1.807, 2.05) is 47.5 Å². The number of aromatic nitrogens is 3.